The molecule has 0 atom stereocenters. The normalized spacial score (nSPS) is 14.7. The molecule has 0 spiro atoms. The lowest BCUT2D eigenvalue weighted by molar-refractivity contribution is 0.660. The maximum absolute atomic E-state index is 2.51. The second kappa shape index (κ2) is 11.0. The highest BCUT2D eigenvalue weighted by Gasteiger charge is 2.39. The average molecular weight is 717 g/mol. The van der Waals surface area contributed by atoms with E-state index in [0.717, 1.165) is 0 Å². The molecule has 12 rings (SSSR count). The molecule has 0 radical (unpaired) electrons. The zero-order valence-electron chi connectivity index (χ0n) is 32.1. The van der Waals surface area contributed by atoms with Crippen molar-refractivity contribution >= 4 is 43.6 Å². The Morgan fingerprint density at radius 2 is 0.768 bits per heavy atom. The van der Waals surface area contributed by atoms with Gasteiger partial charge in [-0.05, 0) is 122 Å². The van der Waals surface area contributed by atoms with Crippen LogP contribution in [0, 0.1) is 0 Å². The first kappa shape index (κ1) is 31.7. The summed E-state index contributed by atoms with van der Waals surface area (Å²) in [6.45, 7) is 9.60. The van der Waals surface area contributed by atoms with E-state index in [1.165, 1.54) is 111 Å². The highest BCUT2D eigenvalue weighted by atomic mass is 15.0. The van der Waals surface area contributed by atoms with E-state index < -0.39 is 0 Å². The summed E-state index contributed by atoms with van der Waals surface area (Å²) >= 11 is 0. The molecule has 0 bridgehead atoms. The van der Waals surface area contributed by atoms with E-state index >= 15 is 0 Å². The van der Waals surface area contributed by atoms with Gasteiger partial charge in [0.1, 0.15) is 0 Å². The summed E-state index contributed by atoms with van der Waals surface area (Å²) in [5.41, 5.74) is 20.5. The van der Waals surface area contributed by atoms with Gasteiger partial charge in [0.2, 0.25) is 0 Å². The third-order valence-electron chi connectivity index (χ3n) is 13.3. The van der Waals surface area contributed by atoms with E-state index in [2.05, 4.69) is 207 Å². The van der Waals surface area contributed by atoms with Gasteiger partial charge >= 0.3 is 0 Å². The monoisotopic (exact) mass is 716 g/mol. The van der Waals surface area contributed by atoms with Crippen molar-refractivity contribution in [2.24, 2.45) is 0 Å². The van der Waals surface area contributed by atoms with Crippen LogP contribution in [0.4, 0.5) is 0 Å². The number of hydrogen-bond acceptors (Lipinski definition) is 0. The van der Waals surface area contributed by atoms with Crippen LogP contribution in [-0.2, 0) is 10.8 Å². The molecule has 2 heteroatoms. The first-order chi connectivity index (χ1) is 27.3. The van der Waals surface area contributed by atoms with E-state index in [4.69, 9.17) is 0 Å². The van der Waals surface area contributed by atoms with E-state index in [1.54, 1.807) is 0 Å². The molecule has 0 fully saturated rings. The molecule has 0 saturated heterocycles. The summed E-state index contributed by atoms with van der Waals surface area (Å²) in [6.07, 6.45) is 0. The quantitative estimate of drug-likeness (QED) is 0.172. The second-order valence-electron chi connectivity index (χ2n) is 17.0. The van der Waals surface area contributed by atoms with Gasteiger partial charge in [0.05, 0.1) is 22.1 Å². The van der Waals surface area contributed by atoms with Crippen LogP contribution in [0.2, 0.25) is 0 Å². The number of para-hydroxylation sites is 3. The molecule has 0 amide bonds. The number of fused-ring (bicyclic) bond motifs is 12. The van der Waals surface area contributed by atoms with Crippen LogP contribution in [0.15, 0.2) is 170 Å². The van der Waals surface area contributed by atoms with Crippen LogP contribution < -0.4 is 0 Å². The Hall–Kier alpha value is -6.64. The van der Waals surface area contributed by atoms with Crippen molar-refractivity contribution in [1.82, 2.24) is 9.13 Å². The van der Waals surface area contributed by atoms with Gasteiger partial charge in [0, 0.05) is 43.7 Å². The topological polar surface area (TPSA) is 9.86 Å². The van der Waals surface area contributed by atoms with Crippen LogP contribution in [0.5, 0.6) is 0 Å². The lowest BCUT2D eigenvalue weighted by Gasteiger charge is -2.23. The fourth-order valence-corrected chi connectivity index (χ4v) is 10.5. The van der Waals surface area contributed by atoms with Gasteiger partial charge in [0.25, 0.3) is 0 Å². The summed E-state index contributed by atoms with van der Waals surface area (Å²) in [7, 11) is 0. The molecule has 0 aliphatic heterocycles. The molecule has 2 aromatic heterocycles. The molecule has 8 aromatic carbocycles. The molecule has 0 unspecified atom stereocenters. The highest BCUT2D eigenvalue weighted by Crippen LogP contribution is 2.54. The van der Waals surface area contributed by atoms with Crippen molar-refractivity contribution in [3.8, 4) is 44.8 Å². The Kier molecular flexibility index (Phi) is 6.22. The number of hydrogen-bond donors (Lipinski definition) is 0. The Bertz CT molecular complexity index is 3280. The van der Waals surface area contributed by atoms with Crippen molar-refractivity contribution in [3.63, 3.8) is 0 Å². The van der Waals surface area contributed by atoms with Crippen LogP contribution in [0.1, 0.15) is 49.9 Å². The number of benzene rings is 8. The third-order valence-corrected chi connectivity index (χ3v) is 13.3. The Balaban J connectivity index is 1.06. The Labute approximate surface area is 326 Å². The zero-order valence-corrected chi connectivity index (χ0v) is 32.1. The molecule has 2 heterocycles. The number of rotatable bonds is 3. The number of aromatic nitrogens is 2. The van der Waals surface area contributed by atoms with Crippen LogP contribution in [-0.4, -0.2) is 9.13 Å². The van der Waals surface area contributed by atoms with E-state index in [-0.39, 0.29) is 10.8 Å². The van der Waals surface area contributed by atoms with Gasteiger partial charge < -0.3 is 9.13 Å². The first-order valence-electron chi connectivity index (χ1n) is 19.9. The fraction of sp³-hybridized carbons (Fsp3) is 0.111. The SMILES string of the molecule is CC1(C)c2cc(-c3ccccc3)ccc2-c2cc3c(cc21)c1ccccc1n3-c1ccc2c(c1)C(C)(C)c1cc3c4ccccc4n(-c4ccccc4)c3cc1-2. The maximum atomic E-state index is 2.51. The number of nitrogens with zero attached hydrogens (tertiary/aromatic N) is 2. The molecule has 10 aromatic rings. The van der Waals surface area contributed by atoms with Gasteiger partial charge in [0.15, 0.2) is 0 Å². The van der Waals surface area contributed by atoms with Gasteiger partial charge in [-0.3, -0.25) is 0 Å². The van der Waals surface area contributed by atoms with Crippen LogP contribution in [0.25, 0.3) is 88.4 Å². The molecule has 56 heavy (non-hydrogen) atoms. The van der Waals surface area contributed by atoms with Gasteiger partial charge in [-0.15, -0.1) is 0 Å². The largest absolute Gasteiger partial charge is 0.309 e. The summed E-state index contributed by atoms with van der Waals surface area (Å²) in [6, 6.07) is 63.6. The van der Waals surface area contributed by atoms with Crippen molar-refractivity contribution in [3.05, 3.63) is 192 Å². The highest BCUT2D eigenvalue weighted by molar-refractivity contribution is 6.13. The Morgan fingerprint density at radius 3 is 1.36 bits per heavy atom. The molecule has 2 aliphatic rings. The summed E-state index contributed by atoms with van der Waals surface area (Å²) in [5, 5.41) is 5.20. The first-order valence-corrected chi connectivity index (χ1v) is 19.9. The molecular formula is C54H40N2. The van der Waals surface area contributed by atoms with Gasteiger partial charge in [-0.25, -0.2) is 0 Å². The minimum atomic E-state index is -0.176. The van der Waals surface area contributed by atoms with Crippen LogP contribution in [0.3, 0.4) is 0 Å². The third kappa shape index (κ3) is 4.11. The predicted octanol–water partition coefficient (Wildman–Crippen LogP) is 14.2. The van der Waals surface area contributed by atoms with E-state index in [9.17, 15) is 0 Å². The summed E-state index contributed by atoms with van der Waals surface area (Å²) in [4.78, 5) is 0. The van der Waals surface area contributed by atoms with Crippen molar-refractivity contribution in [1.29, 1.82) is 0 Å². The molecule has 0 N–H and O–H groups in total. The lowest BCUT2D eigenvalue weighted by Crippen LogP contribution is -2.15. The standard InChI is InChI=1S/C54H40N2/c1-53(2)45-27-34(33-15-7-5-8-16-33)23-25-37(45)41-32-52-44(30-47(41)53)40-20-12-14-22-50(40)56(52)36-24-26-38-42-31-51-43(29-48(42)54(3,4)46(38)28-36)39-19-11-13-21-49(39)55(51)35-17-9-6-10-18-35/h5-32H,1-4H3. The maximum Gasteiger partial charge on any atom is 0.0547 e. The minimum absolute atomic E-state index is 0.118. The summed E-state index contributed by atoms with van der Waals surface area (Å²) < 4.78 is 4.95. The fourth-order valence-electron chi connectivity index (χ4n) is 10.5. The molecule has 0 saturated carbocycles. The smallest absolute Gasteiger partial charge is 0.0547 e. The lowest BCUT2D eigenvalue weighted by atomic mass is 9.81. The minimum Gasteiger partial charge on any atom is -0.309 e. The van der Waals surface area contributed by atoms with Gasteiger partial charge in [-0.2, -0.15) is 0 Å². The van der Waals surface area contributed by atoms with Gasteiger partial charge in [-0.1, -0.05) is 131 Å². The van der Waals surface area contributed by atoms with E-state index in [1.807, 2.05) is 0 Å². The van der Waals surface area contributed by atoms with Crippen molar-refractivity contribution in [2.45, 2.75) is 38.5 Å². The van der Waals surface area contributed by atoms with Crippen molar-refractivity contribution in [2.75, 3.05) is 0 Å². The summed E-state index contributed by atoms with van der Waals surface area (Å²) in [5.74, 6) is 0. The average Bonchev–Trinajstić information content (AvgIpc) is 3.88. The van der Waals surface area contributed by atoms with Crippen LogP contribution >= 0.6 is 0 Å². The second-order valence-corrected chi connectivity index (χ2v) is 17.0. The van der Waals surface area contributed by atoms with Crippen molar-refractivity contribution < 1.29 is 0 Å². The Morgan fingerprint density at radius 1 is 0.304 bits per heavy atom. The molecule has 266 valence electrons. The molecule has 2 aliphatic carbocycles. The molecular weight excluding hydrogens is 677 g/mol. The van der Waals surface area contributed by atoms with E-state index in [0.29, 0.717) is 0 Å². The zero-order chi connectivity index (χ0) is 37.5. The molecule has 2 nitrogen and oxygen atoms in total. The predicted molar refractivity (Wildman–Crippen MR) is 236 cm³/mol.